The van der Waals surface area contributed by atoms with E-state index in [9.17, 15) is 0 Å². The fourth-order valence-corrected chi connectivity index (χ4v) is 1.15. The fraction of sp³-hybridized carbons (Fsp3) is 0.750. The van der Waals surface area contributed by atoms with Crippen molar-refractivity contribution >= 4 is 0 Å². The van der Waals surface area contributed by atoms with Gasteiger partial charge in [-0.1, -0.05) is 19.1 Å². The Morgan fingerprint density at radius 3 is 3.00 bits per heavy atom. The molecule has 0 aromatic rings. The molecule has 1 heterocycles. The van der Waals surface area contributed by atoms with E-state index in [-0.39, 0.29) is 0 Å². The summed E-state index contributed by atoms with van der Waals surface area (Å²) < 4.78 is 5.22. The first-order valence-electron chi connectivity index (χ1n) is 3.60. The molecule has 1 rings (SSSR count). The first kappa shape index (κ1) is 6.81. The topological polar surface area (TPSA) is 9.23 Å². The molecule has 0 N–H and O–H groups in total. The van der Waals surface area contributed by atoms with E-state index in [1.807, 2.05) is 0 Å². The van der Waals surface area contributed by atoms with Crippen molar-refractivity contribution < 1.29 is 4.74 Å². The van der Waals surface area contributed by atoms with Crippen LogP contribution in [0.1, 0.15) is 19.8 Å². The van der Waals surface area contributed by atoms with Crippen molar-refractivity contribution in [2.45, 2.75) is 19.8 Å². The smallest absolute Gasteiger partial charge is 0.0532 e. The average Bonchev–Trinajstić information content (AvgIpc) is 2.37. The Bertz CT molecular complexity index is 101. The maximum Gasteiger partial charge on any atom is 0.0532 e. The molecular weight excluding hydrogens is 112 g/mol. The molecule has 0 spiro atoms. The molecule has 52 valence electrons. The van der Waals surface area contributed by atoms with Gasteiger partial charge in [-0.05, 0) is 12.8 Å². The van der Waals surface area contributed by atoms with Gasteiger partial charge in [-0.25, -0.2) is 0 Å². The van der Waals surface area contributed by atoms with Gasteiger partial charge in [-0.3, -0.25) is 0 Å². The maximum absolute atomic E-state index is 5.22. The first-order chi connectivity index (χ1) is 4.34. The normalized spacial score (nSPS) is 26.6. The lowest BCUT2D eigenvalue weighted by atomic mass is 9.98. The van der Waals surface area contributed by atoms with Gasteiger partial charge in [0, 0.05) is 12.5 Å². The summed E-state index contributed by atoms with van der Waals surface area (Å²) in [7, 11) is 0. The third-order valence-corrected chi connectivity index (χ3v) is 1.96. The molecule has 0 amide bonds. The fourth-order valence-electron chi connectivity index (χ4n) is 1.15. The lowest BCUT2D eigenvalue weighted by Crippen LogP contribution is -2.00. The Morgan fingerprint density at radius 2 is 2.56 bits per heavy atom. The SMILES string of the molecule is C=C(CC)C1CCOC1. The highest BCUT2D eigenvalue weighted by molar-refractivity contribution is 5.00. The summed E-state index contributed by atoms with van der Waals surface area (Å²) in [5.41, 5.74) is 1.35. The number of hydrogen-bond donors (Lipinski definition) is 0. The van der Waals surface area contributed by atoms with Crippen molar-refractivity contribution in [3.05, 3.63) is 12.2 Å². The predicted molar refractivity (Wildman–Crippen MR) is 38.4 cm³/mol. The van der Waals surface area contributed by atoms with Crippen molar-refractivity contribution in [3.8, 4) is 0 Å². The average molecular weight is 126 g/mol. The molecule has 1 saturated heterocycles. The molecule has 1 aliphatic rings. The van der Waals surface area contributed by atoms with E-state index in [0.717, 1.165) is 19.6 Å². The highest BCUT2D eigenvalue weighted by Gasteiger charge is 2.16. The first-order valence-corrected chi connectivity index (χ1v) is 3.60. The van der Waals surface area contributed by atoms with E-state index in [2.05, 4.69) is 13.5 Å². The van der Waals surface area contributed by atoms with Gasteiger partial charge in [-0.15, -0.1) is 0 Å². The van der Waals surface area contributed by atoms with Gasteiger partial charge in [0.05, 0.1) is 6.61 Å². The van der Waals surface area contributed by atoms with E-state index in [4.69, 9.17) is 4.74 Å². The minimum atomic E-state index is 0.662. The van der Waals surface area contributed by atoms with Gasteiger partial charge in [0.1, 0.15) is 0 Å². The third-order valence-electron chi connectivity index (χ3n) is 1.96. The Balaban J connectivity index is 2.32. The molecule has 1 atom stereocenters. The van der Waals surface area contributed by atoms with Crippen molar-refractivity contribution in [2.75, 3.05) is 13.2 Å². The summed E-state index contributed by atoms with van der Waals surface area (Å²) in [5.74, 6) is 0.662. The van der Waals surface area contributed by atoms with Gasteiger partial charge in [0.25, 0.3) is 0 Å². The minimum Gasteiger partial charge on any atom is -0.381 e. The van der Waals surface area contributed by atoms with Gasteiger partial charge >= 0.3 is 0 Å². The molecule has 1 unspecified atom stereocenters. The van der Waals surface area contributed by atoms with Crippen LogP contribution in [0.4, 0.5) is 0 Å². The number of hydrogen-bond acceptors (Lipinski definition) is 1. The highest BCUT2D eigenvalue weighted by Crippen LogP contribution is 2.21. The van der Waals surface area contributed by atoms with Gasteiger partial charge in [0.2, 0.25) is 0 Å². The van der Waals surface area contributed by atoms with Crippen LogP contribution >= 0.6 is 0 Å². The van der Waals surface area contributed by atoms with E-state index in [0.29, 0.717) is 5.92 Å². The highest BCUT2D eigenvalue weighted by atomic mass is 16.5. The third kappa shape index (κ3) is 1.55. The predicted octanol–water partition coefficient (Wildman–Crippen LogP) is 1.99. The van der Waals surface area contributed by atoms with Crippen molar-refractivity contribution in [3.63, 3.8) is 0 Å². The summed E-state index contributed by atoms with van der Waals surface area (Å²) >= 11 is 0. The second-order valence-corrected chi connectivity index (χ2v) is 2.57. The quantitative estimate of drug-likeness (QED) is 0.514. The van der Waals surface area contributed by atoms with Crippen LogP contribution in [0, 0.1) is 5.92 Å². The molecular formula is C8H14O. The molecule has 1 aliphatic heterocycles. The van der Waals surface area contributed by atoms with E-state index in [1.54, 1.807) is 0 Å². The largest absolute Gasteiger partial charge is 0.381 e. The van der Waals surface area contributed by atoms with Crippen LogP contribution in [0.2, 0.25) is 0 Å². The minimum absolute atomic E-state index is 0.662. The zero-order valence-corrected chi connectivity index (χ0v) is 6.02. The molecule has 0 aromatic carbocycles. The van der Waals surface area contributed by atoms with E-state index >= 15 is 0 Å². The van der Waals surface area contributed by atoms with Crippen molar-refractivity contribution in [1.29, 1.82) is 0 Å². The Kier molecular flexibility index (Phi) is 2.29. The van der Waals surface area contributed by atoms with Crippen molar-refractivity contribution in [2.24, 2.45) is 5.92 Å². The monoisotopic (exact) mass is 126 g/mol. The maximum atomic E-state index is 5.22. The second-order valence-electron chi connectivity index (χ2n) is 2.57. The summed E-state index contributed by atoms with van der Waals surface area (Å²) in [6.45, 7) is 7.97. The van der Waals surface area contributed by atoms with Crippen LogP contribution in [0.25, 0.3) is 0 Å². The zero-order chi connectivity index (χ0) is 6.69. The van der Waals surface area contributed by atoms with Gasteiger partial charge < -0.3 is 4.74 Å². The molecule has 1 nitrogen and oxygen atoms in total. The molecule has 0 aromatic heterocycles. The molecule has 1 heteroatoms. The lowest BCUT2D eigenvalue weighted by molar-refractivity contribution is 0.190. The van der Waals surface area contributed by atoms with E-state index < -0.39 is 0 Å². The molecule has 0 bridgehead atoms. The van der Waals surface area contributed by atoms with Crippen LogP contribution in [0.3, 0.4) is 0 Å². The van der Waals surface area contributed by atoms with E-state index in [1.165, 1.54) is 12.0 Å². The molecule has 9 heavy (non-hydrogen) atoms. The summed E-state index contributed by atoms with van der Waals surface area (Å²) in [4.78, 5) is 0. The molecule has 0 saturated carbocycles. The molecule has 0 radical (unpaired) electrons. The summed E-state index contributed by atoms with van der Waals surface area (Å²) in [5, 5.41) is 0. The Hall–Kier alpha value is -0.300. The second kappa shape index (κ2) is 3.02. The summed E-state index contributed by atoms with van der Waals surface area (Å²) in [6.07, 6.45) is 2.29. The molecule has 0 aliphatic carbocycles. The number of rotatable bonds is 2. The molecule has 1 fully saturated rings. The van der Waals surface area contributed by atoms with Gasteiger partial charge in [0.15, 0.2) is 0 Å². The lowest BCUT2D eigenvalue weighted by Gasteiger charge is -2.07. The number of ether oxygens (including phenoxy) is 1. The van der Waals surface area contributed by atoms with Crippen LogP contribution in [0.5, 0.6) is 0 Å². The van der Waals surface area contributed by atoms with Crippen LogP contribution in [-0.4, -0.2) is 13.2 Å². The van der Waals surface area contributed by atoms with Crippen LogP contribution < -0.4 is 0 Å². The Labute approximate surface area is 56.7 Å². The van der Waals surface area contributed by atoms with Crippen LogP contribution in [0.15, 0.2) is 12.2 Å². The summed E-state index contributed by atoms with van der Waals surface area (Å²) in [6, 6.07) is 0. The van der Waals surface area contributed by atoms with Crippen LogP contribution in [-0.2, 0) is 4.74 Å². The standard InChI is InChI=1S/C8H14O/c1-3-7(2)8-4-5-9-6-8/h8H,2-6H2,1H3. The zero-order valence-electron chi connectivity index (χ0n) is 6.02. The van der Waals surface area contributed by atoms with Gasteiger partial charge in [-0.2, -0.15) is 0 Å². The van der Waals surface area contributed by atoms with Crippen molar-refractivity contribution in [1.82, 2.24) is 0 Å². The Morgan fingerprint density at radius 1 is 1.78 bits per heavy atom.